The van der Waals surface area contributed by atoms with Crippen LogP contribution in [0.15, 0.2) is 18.2 Å². The number of rotatable bonds is 2. The quantitative estimate of drug-likeness (QED) is 0.837. The summed E-state index contributed by atoms with van der Waals surface area (Å²) < 4.78 is 0. The second-order valence-corrected chi connectivity index (χ2v) is 5.72. The Morgan fingerprint density at radius 1 is 1.26 bits per heavy atom. The number of carbonyl (C=O) groups is 1. The van der Waals surface area contributed by atoms with Crippen molar-refractivity contribution in [1.82, 2.24) is 4.90 Å². The summed E-state index contributed by atoms with van der Waals surface area (Å²) in [6, 6.07) is 5.41. The molecule has 1 saturated carbocycles. The maximum atomic E-state index is 12.2. The van der Waals surface area contributed by atoms with E-state index in [4.69, 9.17) is 23.2 Å². The van der Waals surface area contributed by atoms with Crippen LogP contribution < -0.4 is 5.32 Å². The van der Waals surface area contributed by atoms with Gasteiger partial charge in [-0.05, 0) is 25.0 Å². The lowest BCUT2D eigenvalue weighted by molar-refractivity contribution is 0.186. The smallest absolute Gasteiger partial charge is 0.321 e. The summed E-state index contributed by atoms with van der Waals surface area (Å²) in [6.07, 6.45) is 5.81. The Balaban J connectivity index is 2.01. The third kappa shape index (κ3) is 3.54. The Bertz CT molecular complexity index is 459. The molecular formula is C14H18Cl2N2O. The summed E-state index contributed by atoms with van der Waals surface area (Å²) >= 11 is 12.0. The largest absolute Gasteiger partial charge is 0.325 e. The topological polar surface area (TPSA) is 32.3 Å². The minimum Gasteiger partial charge on any atom is -0.325 e. The van der Waals surface area contributed by atoms with E-state index in [1.807, 2.05) is 7.05 Å². The first kappa shape index (κ1) is 14.5. The second-order valence-electron chi connectivity index (χ2n) is 4.93. The van der Waals surface area contributed by atoms with E-state index in [-0.39, 0.29) is 6.03 Å². The lowest BCUT2D eigenvalue weighted by Gasteiger charge is -2.31. The molecule has 104 valence electrons. The van der Waals surface area contributed by atoms with Crippen molar-refractivity contribution in [3.63, 3.8) is 0 Å². The van der Waals surface area contributed by atoms with Crippen LogP contribution in [0.4, 0.5) is 10.5 Å². The van der Waals surface area contributed by atoms with Gasteiger partial charge in [0.2, 0.25) is 0 Å². The van der Waals surface area contributed by atoms with Crippen LogP contribution in [-0.2, 0) is 0 Å². The monoisotopic (exact) mass is 300 g/mol. The van der Waals surface area contributed by atoms with E-state index in [1.165, 1.54) is 19.3 Å². The molecule has 5 heteroatoms. The van der Waals surface area contributed by atoms with Gasteiger partial charge >= 0.3 is 6.03 Å². The number of halogens is 2. The van der Waals surface area contributed by atoms with Crippen LogP contribution in [0.2, 0.25) is 10.0 Å². The summed E-state index contributed by atoms with van der Waals surface area (Å²) in [6.45, 7) is 0. The molecule has 1 fully saturated rings. The fourth-order valence-electron chi connectivity index (χ4n) is 2.44. The van der Waals surface area contributed by atoms with Crippen LogP contribution in [0.3, 0.4) is 0 Å². The number of benzene rings is 1. The molecule has 1 aliphatic carbocycles. The third-order valence-electron chi connectivity index (χ3n) is 3.64. The molecule has 1 N–H and O–H groups in total. The molecule has 1 aromatic carbocycles. The van der Waals surface area contributed by atoms with Crippen LogP contribution >= 0.6 is 23.2 Å². The fourth-order valence-corrected chi connectivity index (χ4v) is 2.79. The first-order chi connectivity index (χ1) is 9.09. The maximum absolute atomic E-state index is 12.2. The number of nitrogens with one attached hydrogen (secondary N) is 1. The number of hydrogen-bond donors (Lipinski definition) is 1. The lowest BCUT2D eigenvalue weighted by Crippen LogP contribution is -2.40. The number of hydrogen-bond acceptors (Lipinski definition) is 1. The Morgan fingerprint density at radius 3 is 2.63 bits per heavy atom. The zero-order chi connectivity index (χ0) is 13.8. The number of anilines is 1. The maximum Gasteiger partial charge on any atom is 0.321 e. The average molecular weight is 301 g/mol. The Labute approximate surface area is 123 Å². The highest BCUT2D eigenvalue weighted by Crippen LogP contribution is 2.30. The molecule has 0 heterocycles. The van der Waals surface area contributed by atoms with E-state index >= 15 is 0 Å². The van der Waals surface area contributed by atoms with Crippen molar-refractivity contribution in [3.05, 3.63) is 28.2 Å². The molecule has 19 heavy (non-hydrogen) atoms. The Hall–Kier alpha value is -0.930. The zero-order valence-corrected chi connectivity index (χ0v) is 12.5. The number of carbonyl (C=O) groups excluding carboxylic acids is 1. The van der Waals surface area contributed by atoms with Crippen LogP contribution in [0.5, 0.6) is 0 Å². The van der Waals surface area contributed by atoms with Gasteiger partial charge in [0.25, 0.3) is 0 Å². The Kier molecular flexibility index (Phi) is 4.94. The summed E-state index contributed by atoms with van der Waals surface area (Å²) in [5, 5.41) is 3.65. The summed E-state index contributed by atoms with van der Waals surface area (Å²) in [4.78, 5) is 14.0. The van der Waals surface area contributed by atoms with Crippen molar-refractivity contribution in [2.45, 2.75) is 38.1 Å². The normalized spacial score (nSPS) is 16.2. The van der Waals surface area contributed by atoms with E-state index in [2.05, 4.69) is 5.32 Å². The minimum atomic E-state index is -0.129. The standard InChI is InChI=1S/C14H18Cl2N2O/c1-18(10-6-3-2-4-7-10)14(19)17-12-9-5-8-11(15)13(12)16/h5,8-10H,2-4,6-7H2,1H3,(H,17,19). The third-order valence-corrected chi connectivity index (χ3v) is 4.45. The summed E-state index contributed by atoms with van der Waals surface area (Å²) in [7, 11) is 1.84. The Morgan fingerprint density at radius 2 is 1.95 bits per heavy atom. The van der Waals surface area contributed by atoms with Gasteiger partial charge in [-0.2, -0.15) is 0 Å². The number of urea groups is 1. The van der Waals surface area contributed by atoms with Gasteiger partial charge < -0.3 is 10.2 Å². The molecule has 2 amide bonds. The summed E-state index contributed by atoms with van der Waals surface area (Å²) in [5.74, 6) is 0. The van der Waals surface area contributed by atoms with Gasteiger partial charge in [0, 0.05) is 13.1 Å². The van der Waals surface area contributed by atoms with Crippen molar-refractivity contribution in [2.75, 3.05) is 12.4 Å². The lowest BCUT2D eigenvalue weighted by atomic mass is 9.95. The molecule has 1 aromatic rings. The fraction of sp³-hybridized carbons (Fsp3) is 0.500. The van der Waals surface area contributed by atoms with Gasteiger partial charge in [0.1, 0.15) is 0 Å². The highest BCUT2D eigenvalue weighted by molar-refractivity contribution is 6.43. The average Bonchev–Trinajstić information content (AvgIpc) is 2.44. The van der Waals surface area contributed by atoms with Crippen molar-refractivity contribution in [2.24, 2.45) is 0 Å². The van der Waals surface area contributed by atoms with Gasteiger partial charge in [0.05, 0.1) is 15.7 Å². The molecule has 0 unspecified atom stereocenters. The zero-order valence-electron chi connectivity index (χ0n) is 11.0. The number of amides is 2. The van der Waals surface area contributed by atoms with Crippen molar-refractivity contribution in [3.8, 4) is 0 Å². The molecule has 0 spiro atoms. The van der Waals surface area contributed by atoms with Gasteiger partial charge in [-0.3, -0.25) is 0 Å². The van der Waals surface area contributed by atoms with Crippen molar-refractivity contribution >= 4 is 34.9 Å². The van der Waals surface area contributed by atoms with Crippen molar-refractivity contribution in [1.29, 1.82) is 0 Å². The van der Waals surface area contributed by atoms with Crippen LogP contribution in [0, 0.1) is 0 Å². The highest BCUT2D eigenvalue weighted by Gasteiger charge is 2.22. The SMILES string of the molecule is CN(C(=O)Nc1cccc(Cl)c1Cl)C1CCCCC1. The van der Waals surface area contributed by atoms with E-state index in [0.29, 0.717) is 21.8 Å². The van der Waals surface area contributed by atoms with Crippen LogP contribution in [0.25, 0.3) is 0 Å². The summed E-state index contributed by atoms with van der Waals surface area (Å²) in [5.41, 5.74) is 0.557. The highest BCUT2D eigenvalue weighted by atomic mass is 35.5. The molecule has 0 bridgehead atoms. The van der Waals surface area contributed by atoms with E-state index in [0.717, 1.165) is 12.8 Å². The molecule has 3 nitrogen and oxygen atoms in total. The molecule has 2 rings (SSSR count). The minimum absolute atomic E-state index is 0.129. The predicted molar refractivity (Wildman–Crippen MR) is 80.1 cm³/mol. The predicted octanol–water partition coefficient (Wildman–Crippen LogP) is 4.79. The van der Waals surface area contributed by atoms with Crippen LogP contribution in [0.1, 0.15) is 32.1 Å². The van der Waals surface area contributed by atoms with E-state index in [1.54, 1.807) is 23.1 Å². The molecule has 0 radical (unpaired) electrons. The molecule has 0 aliphatic heterocycles. The molecule has 0 aromatic heterocycles. The van der Waals surface area contributed by atoms with E-state index < -0.39 is 0 Å². The molecule has 1 aliphatic rings. The van der Waals surface area contributed by atoms with Gasteiger partial charge in [-0.15, -0.1) is 0 Å². The second kappa shape index (κ2) is 6.49. The first-order valence-electron chi connectivity index (χ1n) is 6.57. The molecule has 0 atom stereocenters. The molecule has 0 saturated heterocycles. The van der Waals surface area contributed by atoms with Gasteiger partial charge in [0.15, 0.2) is 0 Å². The first-order valence-corrected chi connectivity index (χ1v) is 7.33. The number of nitrogens with zero attached hydrogens (tertiary/aromatic N) is 1. The van der Waals surface area contributed by atoms with Crippen molar-refractivity contribution < 1.29 is 4.79 Å². The van der Waals surface area contributed by atoms with Gasteiger partial charge in [-0.1, -0.05) is 48.5 Å². The molecular weight excluding hydrogens is 283 g/mol. The van der Waals surface area contributed by atoms with Crippen LogP contribution in [-0.4, -0.2) is 24.0 Å². The van der Waals surface area contributed by atoms with Gasteiger partial charge in [-0.25, -0.2) is 4.79 Å². The van der Waals surface area contributed by atoms with E-state index in [9.17, 15) is 4.79 Å².